The number of nitriles is 1. The van der Waals surface area contributed by atoms with E-state index in [0.717, 1.165) is 10.9 Å². The summed E-state index contributed by atoms with van der Waals surface area (Å²) in [6.07, 6.45) is 5.18. The number of carbonyl (C=O) groups is 1. The molecule has 1 atom stereocenters. The summed E-state index contributed by atoms with van der Waals surface area (Å²) in [5, 5.41) is 16.7. The number of aromatic amines is 1. The topological polar surface area (TPSA) is 103 Å². The molecule has 0 radical (unpaired) electrons. The molecule has 1 amide bonds. The van der Waals surface area contributed by atoms with Crippen LogP contribution in [0.1, 0.15) is 13.3 Å². The molecule has 0 saturated carbocycles. The van der Waals surface area contributed by atoms with Gasteiger partial charge in [-0.25, -0.2) is 14.4 Å². The number of fused-ring (bicyclic) bond motifs is 1. The largest absolute Gasteiger partial charge is 0.340 e. The highest BCUT2D eigenvalue weighted by Crippen LogP contribution is 2.37. The minimum absolute atomic E-state index is 0.0472. The van der Waals surface area contributed by atoms with E-state index in [9.17, 15) is 9.18 Å². The number of nitrogens with zero attached hydrogens (tertiary/aromatic N) is 6. The van der Waals surface area contributed by atoms with Crippen molar-refractivity contribution in [2.24, 2.45) is 0 Å². The SMILES string of the molecule is CCC(=O)N1CC(C(F)C#N)(n2ccc(-c3ncnc4[nH]ncc34)c2)C1. The lowest BCUT2D eigenvalue weighted by atomic mass is 9.84. The maximum absolute atomic E-state index is 14.5. The Bertz CT molecular complexity index is 1010. The molecular weight excluding hydrogens is 337 g/mol. The normalized spacial score (nSPS) is 16.9. The van der Waals surface area contributed by atoms with Gasteiger partial charge in [0.05, 0.1) is 17.3 Å². The number of H-pyrrole nitrogens is 1. The molecule has 8 nitrogen and oxygen atoms in total. The number of nitrogens with one attached hydrogen (secondary N) is 1. The average Bonchev–Trinajstić information content (AvgIpc) is 3.29. The van der Waals surface area contributed by atoms with Crippen molar-refractivity contribution in [1.29, 1.82) is 5.26 Å². The monoisotopic (exact) mass is 353 g/mol. The van der Waals surface area contributed by atoms with E-state index in [1.807, 2.05) is 6.07 Å². The fraction of sp³-hybridized carbons (Fsp3) is 0.353. The Kier molecular flexibility index (Phi) is 3.68. The van der Waals surface area contributed by atoms with Crippen molar-refractivity contribution in [1.82, 2.24) is 29.6 Å². The van der Waals surface area contributed by atoms with Crippen LogP contribution >= 0.6 is 0 Å². The van der Waals surface area contributed by atoms with Crippen LogP contribution in [0.4, 0.5) is 4.39 Å². The second-order valence-corrected chi connectivity index (χ2v) is 6.36. The van der Waals surface area contributed by atoms with Gasteiger partial charge in [-0.1, -0.05) is 6.92 Å². The molecule has 0 bridgehead atoms. The first-order chi connectivity index (χ1) is 12.6. The second kappa shape index (κ2) is 5.91. The summed E-state index contributed by atoms with van der Waals surface area (Å²) in [4.78, 5) is 21.8. The van der Waals surface area contributed by atoms with Gasteiger partial charge in [0.15, 0.2) is 5.65 Å². The Morgan fingerprint density at radius 3 is 3.04 bits per heavy atom. The molecule has 0 spiro atoms. The van der Waals surface area contributed by atoms with E-state index in [1.54, 1.807) is 41.1 Å². The van der Waals surface area contributed by atoms with E-state index < -0.39 is 11.7 Å². The molecular formula is C17H16FN7O. The number of aromatic nitrogens is 5. The Hall–Kier alpha value is -3.28. The summed E-state index contributed by atoms with van der Waals surface area (Å²) in [7, 11) is 0. The van der Waals surface area contributed by atoms with Gasteiger partial charge in [0.25, 0.3) is 0 Å². The van der Waals surface area contributed by atoms with Crippen LogP contribution in [-0.4, -0.2) is 54.8 Å². The van der Waals surface area contributed by atoms with Crippen LogP contribution in [0.25, 0.3) is 22.3 Å². The molecule has 4 heterocycles. The van der Waals surface area contributed by atoms with Gasteiger partial charge in [0, 0.05) is 37.5 Å². The van der Waals surface area contributed by atoms with Crippen LogP contribution < -0.4 is 0 Å². The molecule has 4 rings (SSSR count). The van der Waals surface area contributed by atoms with E-state index in [4.69, 9.17) is 5.26 Å². The Morgan fingerprint density at radius 2 is 2.31 bits per heavy atom. The summed E-state index contributed by atoms with van der Waals surface area (Å²) in [5.41, 5.74) is 0.982. The maximum atomic E-state index is 14.5. The molecule has 1 N–H and O–H groups in total. The molecule has 3 aromatic rings. The third kappa shape index (κ3) is 2.26. The van der Waals surface area contributed by atoms with Gasteiger partial charge >= 0.3 is 0 Å². The average molecular weight is 353 g/mol. The highest BCUT2D eigenvalue weighted by atomic mass is 19.1. The number of amides is 1. The summed E-state index contributed by atoms with van der Waals surface area (Å²) in [6, 6.07) is 3.50. The first-order valence-corrected chi connectivity index (χ1v) is 8.23. The molecule has 1 fully saturated rings. The molecule has 9 heteroatoms. The highest BCUT2D eigenvalue weighted by Gasteiger charge is 2.52. The Balaban J connectivity index is 1.71. The molecule has 1 aliphatic heterocycles. The molecule has 0 aliphatic carbocycles. The van der Waals surface area contributed by atoms with Crippen molar-refractivity contribution < 1.29 is 9.18 Å². The van der Waals surface area contributed by atoms with Gasteiger partial charge in [0.1, 0.15) is 17.9 Å². The van der Waals surface area contributed by atoms with Crippen molar-refractivity contribution in [3.8, 4) is 17.3 Å². The van der Waals surface area contributed by atoms with E-state index in [0.29, 0.717) is 17.8 Å². The van der Waals surface area contributed by atoms with Crippen LogP contribution in [0.5, 0.6) is 0 Å². The zero-order valence-corrected chi connectivity index (χ0v) is 14.1. The Labute approximate surface area is 148 Å². The fourth-order valence-electron chi connectivity index (χ4n) is 3.40. The number of alkyl halides is 1. The quantitative estimate of drug-likeness (QED) is 0.768. The summed E-state index contributed by atoms with van der Waals surface area (Å²) >= 11 is 0. The van der Waals surface area contributed by atoms with Gasteiger partial charge in [-0.2, -0.15) is 10.4 Å². The van der Waals surface area contributed by atoms with E-state index in [1.165, 1.54) is 6.33 Å². The molecule has 1 saturated heterocycles. The summed E-state index contributed by atoms with van der Waals surface area (Å²) in [6.45, 7) is 2.11. The van der Waals surface area contributed by atoms with Gasteiger partial charge in [-0.15, -0.1) is 0 Å². The number of carbonyl (C=O) groups excluding carboxylic acids is 1. The van der Waals surface area contributed by atoms with Gasteiger partial charge in [-0.3, -0.25) is 9.89 Å². The van der Waals surface area contributed by atoms with Crippen LogP contribution in [-0.2, 0) is 10.3 Å². The van der Waals surface area contributed by atoms with E-state index in [2.05, 4.69) is 20.2 Å². The summed E-state index contributed by atoms with van der Waals surface area (Å²) in [5.74, 6) is -0.0472. The van der Waals surface area contributed by atoms with Crippen LogP contribution in [0, 0.1) is 11.3 Å². The molecule has 132 valence electrons. The van der Waals surface area contributed by atoms with Crippen molar-refractivity contribution in [2.45, 2.75) is 25.1 Å². The van der Waals surface area contributed by atoms with Crippen LogP contribution in [0.2, 0.25) is 0 Å². The minimum atomic E-state index is -1.72. The van der Waals surface area contributed by atoms with E-state index >= 15 is 0 Å². The number of hydrogen-bond donors (Lipinski definition) is 1. The number of hydrogen-bond acceptors (Lipinski definition) is 5. The Morgan fingerprint density at radius 1 is 1.50 bits per heavy atom. The third-order valence-corrected chi connectivity index (χ3v) is 4.90. The summed E-state index contributed by atoms with van der Waals surface area (Å²) < 4.78 is 16.2. The lowest BCUT2D eigenvalue weighted by Crippen LogP contribution is -2.67. The van der Waals surface area contributed by atoms with Gasteiger partial charge in [-0.05, 0) is 6.07 Å². The standard InChI is InChI=1S/C17H16FN7O/c1-2-14(26)24-8-17(9-24,13(18)5-19)25-4-3-11(7-25)15-12-6-22-23-16(12)21-10-20-15/h3-4,6-7,10,13H,2,8-9H2,1H3,(H,20,21,22,23). The molecule has 26 heavy (non-hydrogen) atoms. The van der Waals surface area contributed by atoms with Crippen LogP contribution in [0.3, 0.4) is 0 Å². The fourth-order valence-corrected chi connectivity index (χ4v) is 3.40. The lowest BCUT2D eigenvalue weighted by Gasteiger charge is -2.51. The molecule has 1 unspecified atom stereocenters. The number of rotatable bonds is 4. The van der Waals surface area contributed by atoms with Crippen molar-refractivity contribution in [2.75, 3.05) is 13.1 Å². The number of likely N-dealkylation sites (tertiary alicyclic amines) is 1. The molecule has 1 aliphatic rings. The highest BCUT2D eigenvalue weighted by molar-refractivity contribution is 5.89. The molecule has 3 aromatic heterocycles. The van der Waals surface area contributed by atoms with Crippen LogP contribution in [0.15, 0.2) is 31.0 Å². The predicted octanol–water partition coefficient (Wildman–Crippen LogP) is 1.63. The maximum Gasteiger partial charge on any atom is 0.222 e. The smallest absolute Gasteiger partial charge is 0.222 e. The third-order valence-electron chi connectivity index (χ3n) is 4.90. The van der Waals surface area contributed by atoms with Crippen molar-refractivity contribution >= 4 is 16.9 Å². The predicted molar refractivity (Wildman–Crippen MR) is 90.5 cm³/mol. The van der Waals surface area contributed by atoms with Crippen molar-refractivity contribution in [3.63, 3.8) is 0 Å². The van der Waals surface area contributed by atoms with Gasteiger partial charge < -0.3 is 9.47 Å². The minimum Gasteiger partial charge on any atom is -0.340 e. The second-order valence-electron chi connectivity index (χ2n) is 6.36. The number of halogens is 1. The van der Waals surface area contributed by atoms with Gasteiger partial charge in [0.2, 0.25) is 12.1 Å². The van der Waals surface area contributed by atoms with E-state index in [-0.39, 0.29) is 19.0 Å². The molecule has 0 aromatic carbocycles. The first kappa shape index (κ1) is 16.2. The zero-order valence-electron chi connectivity index (χ0n) is 14.1. The first-order valence-electron chi connectivity index (χ1n) is 8.23. The lowest BCUT2D eigenvalue weighted by molar-refractivity contribution is -0.144. The zero-order chi connectivity index (χ0) is 18.3. The van der Waals surface area contributed by atoms with Crippen molar-refractivity contribution in [3.05, 3.63) is 31.0 Å².